The molecule has 0 unspecified atom stereocenters. The van der Waals surface area contributed by atoms with E-state index in [2.05, 4.69) is 5.32 Å². The highest BCUT2D eigenvalue weighted by Crippen LogP contribution is 2.36. The highest BCUT2D eigenvalue weighted by molar-refractivity contribution is 6.32. The fraction of sp³-hybridized carbons (Fsp3) is 0.167. The van der Waals surface area contributed by atoms with Crippen LogP contribution >= 0.6 is 11.6 Å². The van der Waals surface area contributed by atoms with E-state index in [-0.39, 0.29) is 16.3 Å². The molecule has 0 aliphatic rings. The van der Waals surface area contributed by atoms with E-state index < -0.39 is 18.5 Å². The highest BCUT2D eigenvalue weighted by atomic mass is 35.5. The molecule has 0 saturated heterocycles. The van der Waals surface area contributed by atoms with Gasteiger partial charge in [-0.2, -0.15) is 5.26 Å². The van der Waals surface area contributed by atoms with Crippen LogP contribution in [0.5, 0.6) is 11.5 Å². The second kappa shape index (κ2) is 8.74. The number of nitrogens with one attached hydrogen (secondary N) is 1. The number of carbonyl (C=O) groups excluding carboxylic acids is 2. The lowest BCUT2D eigenvalue weighted by molar-refractivity contribution is -0.119. The Bertz CT molecular complexity index is 859. The van der Waals surface area contributed by atoms with E-state index in [0.717, 1.165) is 0 Å². The number of amides is 1. The maximum Gasteiger partial charge on any atom is 0.338 e. The summed E-state index contributed by atoms with van der Waals surface area (Å²) in [6.07, 6.45) is 0. The number of hydrogen-bond acceptors (Lipinski definition) is 6. The van der Waals surface area contributed by atoms with Crippen molar-refractivity contribution >= 4 is 29.2 Å². The Balaban J connectivity index is 1.98. The molecule has 2 rings (SSSR count). The van der Waals surface area contributed by atoms with Crippen molar-refractivity contribution in [3.05, 3.63) is 52.5 Å². The van der Waals surface area contributed by atoms with Crippen LogP contribution < -0.4 is 14.8 Å². The van der Waals surface area contributed by atoms with Crippen molar-refractivity contribution in [1.29, 1.82) is 5.26 Å². The molecular formula is C18H15ClN2O5. The van der Waals surface area contributed by atoms with Crippen LogP contribution in [0.25, 0.3) is 0 Å². The molecule has 2 aromatic rings. The first-order valence-electron chi connectivity index (χ1n) is 7.37. The average Bonchev–Trinajstić information content (AvgIpc) is 2.65. The van der Waals surface area contributed by atoms with Gasteiger partial charge in [0.2, 0.25) is 0 Å². The first-order valence-corrected chi connectivity index (χ1v) is 7.75. The standard InChI is InChI=1S/C18H15ClN2O5/c1-24-15-8-12(7-14(19)17(15)25-2)18(23)26-10-16(22)21-13-5-3-11(9-20)4-6-13/h3-8H,10H2,1-2H3,(H,21,22). The summed E-state index contributed by atoms with van der Waals surface area (Å²) in [6.45, 7) is -0.481. The van der Waals surface area contributed by atoms with Gasteiger partial charge in [0.1, 0.15) is 0 Å². The summed E-state index contributed by atoms with van der Waals surface area (Å²) < 4.78 is 15.2. The minimum Gasteiger partial charge on any atom is -0.493 e. The molecule has 26 heavy (non-hydrogen) atoms. The Morgan fingerprint density at radius 3 is 2.42 bits per heavy atom. The van der Waals surface area contributed by atoms with E-state index in [1.54, 1.807) is 24.3 Å². The van der Waals surface area contributed by atoms with Gasteiger partial charge in [0.15, 0.2) is 18.1 Å². The lowest BCUT2D eigenvalue weighted by Gasteiger charge is -2.11. The Labute approximate surface area is 155 Å². The molecule has 2 aromatic carbocycles. The molecule has 7 nitrogen and oxygen atoms in total. The minimum atomic E-state index is -0.733. The number of anilines is 1. The number of nitriles is 1. The van der Waals surface area contributed by atoms with Gasteiger partial charge in [0.05, 0.1) is 36.4 Å². The number of ether oxygens (including phenoxy) is 3. The van der Waals surface area contributed by atoms with Gasteiger partial charge < -0.3 is 19.5 Å². The van der Waals surface area contributed by atoms with Crippen LogP contribution in [0.15, 0.2) is 36.4 Å². The predicted octanol–water partition coefficient (Wildman–Crippen LogP) is 3.02. The number of esters is 1. The zero-order valence-corrected chi connectivity index (χ0v) is 14.8. The second-order valence-corrected chi connectivity index (χ2v) is 5.41. The fourth-order valence-electron chi connectivity index (χ4n) is 2.08. The molecule has 0 heterocycles. The van der Waals surface area contributed by atoms with Crippen LogP contribution in [0.1, 0.15) is 15.9 Å². The monoisotopic (exact) mass is 374 g/mol. The van der Waals surface area contributed by atoms with Crippen molar-refractivity contribution < 1.29 is 23.8 Å². The Kier molecular flexibility index (Phi) is 6.42. The quantitative estimate of drug-likeness (QED) is 0.780. The largest absolute Gasteiger partial charge is 0.493 e. The number of methoxy groups -OCH3 is 2. The first-order chi connectivity index (χ1) is 12.5. The molecule has 0 fully saturated rings. The van der Waals surface area contributed by atoms with Crippen LogP contribution in [-0.2, 0) is 9.53 Å². The summed E-state index contributed by atoms with van der Waals surface area (Å²) >= 11 is 6.04. The first kappa shape index (κ1) is 19.1. The Morgan fingerprint density at radius 2 is 1.85 bits per heavy atom. The second-order valence-electron chi connectivity index (χ2n) is 5.01. The van der Waals surface area contributed by atoms with E-state index >= 15 is 0 Å². The zero-order chi connectivity index (χ0) is 19.1. The van der Waals surface area contributed by atoms with Gasteiger partial charge in [-0.1, -0.05) is 11.6 Å². The number of nitrogens with zero attached hydrogens (tertiary/aromatic N) is 1. The number of halogens is 1. The van der Waals surface area contributed by atoms with E-state index in [1.807, 2.05) is 6.07 Å². The Hall–Kier alpha value is -3.24. The van der Waals surface area contributed by atoms with Gasteiger partial charge in [-0.3, -0.25) is 4.79 Å². The van der Waals surface area contributed by atoms with Gasteiger partial charge in [0.25, 0.3) is 5.91 Å². The highest BCUT2D eigenvalue weighted by Gasteiger charge is 2.17. The smallest absolute Gasteiger partial charge is 0.338 e. The van der Waals surface area contributed by atoms with Crippen molar-refractivity contribution in [3.63, 3.8) is 0 Å². The molecule has 0 radical (unpaired) electrons. The van der Waals surface area contributed by atoms with Crippen LogP contribution in [0, 0.1) is 11.3 Å². The molecular weight excluding hydrogens is 360 g/mol. The van der Waals surface area contributed by atoms with Gasteiger partial charge in [0, 0.05) is 5.69 Å². The number of rotatable bonds is 6. The third-order valence-electron chi connectivity index (χ3n) is 3.30. The summed E-state index contributed by atoms with van der Waals surface area (Å²) in [7, 11) is 2.84. The molecule has 0 aromatic heterocycles. The van der Waals surface area contributed by atoms with Crippen molar-refractivity contribution in [1.82, 2.24) is 0 Å². The summed E-state index contributed by atoms with van der Waals surface area (Å²) in [5.74, 6) is -0.685. The lowest BCUT2D eigenvalue weighted by atomic mass is 10.2. The summed E-state index contributed by atoms with van der Waals surface area (Å²) in [5.41, 5.74) is 1.08. The lowest BCUT2D eigenvalue weighted by Crippen LogP contribution is -2.21. The third-order valence-corrected chi connectivity index (χ3v) is 3.58. The van der Waals surface area contributed by atoms with Crippen molar-refractivity contribution in [2.45, 2.75) is 0 Å². The fourth-order valence-corrected chi connectivity index (χ4v) is 2.36. The normalized spacial score (nSPS) is 9.77. The molecule has 0 saturated carbocycles. The van der Waals surface area contributed by atoms with Crippen molar-refractivity contribution in [2.75, 3.05) is 26.1 Å². The third kappa shape index (κ3) is 4.65. The summed E-state index contributed by atoms with van der Waals surface area (Å²) in [6, 6.07) is 11.0. The van der Waals surface area contributed by atoms with Gasteiger partial charge in [-0.05, 0) is 36.4 Å². The van der Waals surface area contributed by atoms with Gasteiger partial charge in [-0.15, -0.1) is 0 Å². The van der Waals surface area contributed by atoms with E-state index in [1.165, 1.54) is 26.4 Å². The number of benzene rings is 2. The van der Waals surface area contributed by atoms with Gasteiger partial charge in [-0.25, -0.2) is 4.79 Å². The molecule has 1 N–H and O–H groups in total. The molecule has 0 atom stereocenters. The predicted molar refractivity (Wildman–Crippen MR) is 94.6 cm³/mol. The average molecular weight is 375 g/mol. The van der Waals surface area contributed by atoms with E-state index in [4.69, 9.17) is 31.1 Å². The molecule has 0 aliphatic heterocycles. The molecule has 1 amide bonds. The number of hydrogen-bond donors (Lipinski definition) is 1. The van der Waals surface area contributed by atoms with Crippen molar-refractivity contribution in [3.8, 4) is 17.6 Å². The van der Waals surface area contributed by atoms with Crippen molar-refractivity contribution in [2.24, 2.45) is 0 Å². The van der Waals surface area contributed by atoms with Crippen LogP contribution in [0.2, 0.25) is 5.02 Å². The zero-order valence-electron chi connectivity index (χ0n) is 14.0. The van der Waals surface area contributed by atoms with Crippen LogP contribution in [0.3, 0.4) is 0 Å². The van der Waals surface area contributed by atoms with Crippen LogP contribution in [-0.4, -0.2) is 32.7 Å². The maximum atomic E-state index is 12.1. The van der Waals surface area contributed by atoms with E-state index in [0.29, 0.717) is 17.0 Å². The molecule has 0 bridgehead atoms. The van der Waals surface area contributed by atoms with E-state index in [9.17, 15) is 9.59 Å². The molecule has 8 heteroatoms. The SMILES string of the molecule is COc1cc(C(=O)OCC(=O)Nc2ccc(C#N)cc2)cc(Cl)c1OC. The van der Waals surface area contributed by atoms with Crippen LogP contribution in [0.4, 0.5) is 5.69 Å². The maximum absolute atomic E-state index is 12.1. The molecule has 0 spiro atoms. The topological polar surface area (TPSA) is 97.6 Å². The van der Waals surface area contributed by atoms with Gasteiger partial charge >= 0.3 is 5.97 Å². The molecule has 0 aliphatic carbocycles. The number of carbonyl (C=O) groups is 2. The molecule has 134 valence electrons. The summed E-state index contributed by atoms with van der Waals surface area (Å²) in [5, 5.41) is 11.5. The Morgan fingerprint density at radius 1 is 1.15 bits per heavy atom. The summed E-state index contributed by atoms with van der Waals surface area (Å²) in [4.78, 5) is 24.0. The minimum absolute atomic E-state index is 0.124.